The second kappa shape index (κ2) is 6.83. The predicted molar refractivity (Wildman–Crippen MR) is 62.8 cm³/mol. The van der Waals surface area contributed by atoms with Gasteiger partial charge in [-0.2, -0.15) is 0 Å². The molecule has 0 bridgehead atoms. The van der Waals surface area contributed by atoms with Crippen LogP contribution in [0.15, 0.2) is 0 Å². The first-order valence-electron chi connectivity index (χ1n) is 6.18. The fraction of sp³-hybridized carbons (Fsp3) is 0.917. The molecule has 1 saturated carbocycles. The molecule has 3 nitrogen and oxygen atoms in total. The van der Waals surface area contributed by atoms with Crippen LogP contribution in [-0.2, 0) is 4.79 Å². The highest BCUT2D eigenvalue weighted by Gasteiger charge is 2.14. The van der Waals surface area contributed by atoms with Gasteiger partial charge in [0.15, 0.2) is 0 Å². The van der Waals surface area contributed by atoms with Crippen LogP contribution < -0.4 is 5.32 Å². The van der Waals surface area contributed by atoms with Gasteiger partial charge in [-0.3, -0.25) is 4.79 Å². The van der Waals surface area contributed by atoms with Crippen LogP contribution in [0, 0.1) is 5.92 Å². The Labute approximate surface area is 93.2 Å². The lowest BCUT2D eigenvalue weighted by Gasteiger charge is -2.15. The van der Waals surface area contributed by atoms with Gasteiger partial charge < -0.3 is 10.2 Å². The van der Waals surface area contributed by atoms with Crippen molar-refractivity contribution in [3.8, 4) is 0 Å². The SMILES string of the molecule is CCN(C)C(=O)CNCCC1CCCC1. The molecule has 0 heterocycles. The summed E-state index contributed by atoms with van der Waals surface area (Å²) in [5, 5.41) is 3.24. The summed E-state index contributed by atoms with van der Waals surface area (Å²) in [6.07, 6.45) is 6.84. The summed E-state index contributed by atoms with van der Waals surface area (Å²) in [4.78, 5) is 13.2. The summed E-state index contributed by atoms with van der Waals surface area (Å²) in [7, 11) is 1.85. The minimum absolute atomic E-state index is 0.198. The van der Waals surface area contributed by atoms with Crippen LogP contribution in [0.2, 0.25) is 0 Å². The summed E-state index contributed by atoms with van der Waals surface area (Å²) >= 11 is 0. The average Bonchev–Trinajstić information content (AvgIpc) is 2.75. The second-order valence-corrected chi connectivity index (χ2v) is 4.52. The Morgan fingerprint density at radius 2 is 2.07 bits per heavy atom. The third-order valence-corrected chi connectivity index (χ3v) is 3.38. The van der Waals surface area contributed by atoms with E-state index < -0.39 is 0 Å². The molecule has 1 rings (SSSR count). The molecule has 15 heavy (non-hydrogen) atoms. The Morgan fingerprint density at radius 3 is 2.67 bits per heavy atom. The minimum Gasteiger partial charge on any atom is -0.345 e. The fourth-order valence-corrected chi connectivity index (χ4v) is 2.11. The normalized spacial score (nSPS) is 16.9. The van der Waals surface area contributed by atoms with Crippen molar-refractivity contribution in [1.29, 1.82) is 0 Å². The molecule has 1 fully saturated rings. The molecule has 0 atom stereocenters. The number of likely N-dealkylation sites (N-methyl/N-ethyl adjacent to an activating group) is 1. The van der Waals surface area contributed by atoms with E-state index in [4.69, 9.17) is 0 Å². The van der Waals surface area contributed by atoms with E-state index in [9.17, 15) is 4.79 Å². The van der Waals surface area contributed by atoms with Crippen molar-refractivity contribution in [3.05, 3.63) is 0 Å². The van der Waals surface area contributed by atoms with Crippen molar-refractivity contribution in [2.45, 2.75) is 39.0 Å². The molecule has 0 aromatic carbocycles. The van der Waals surface area contributed by atoms with E-state index in [1.807, 2.05) is 14.0 Å². The molecule has 1 aliphatic rings. The largest absolute Gasteiger partial charge is 0.345 e. The minimum atomic E-state index is 0.198. The number of nitrogens with one attached hydrogen (secondary N) is 1. The van der Waals surface area contributed by atoms with Crippen molar-refractivity contribution in [1.82, 2.24) is 10.2 Å². The zero-order valence-electron chi connectivity index (χ0n) is 10.1. The summed E-state index contributed by atoms with van der Waals surface area (Å²) in [6.45, 7) is 4.28. The molecule has 88 valence electrons. The molecule has 0 aliphatic heterocycles. The highest BCUT2D eigenvalue weighted by Crippen LogP contribution is 2.26. The Bertz CT molecular complexity index is 188. The second-order valence-electron chi connectivity index (χ2n) is 4.52. The molecule has 0 saturated heterocycles. The summed E-state index contributed by atoms with van der Waals surface area (Å²) in [5.41, 5.74) is 0. The third kappa shape index (κ3) is 4.65. The van der Waals surface area contributed by atoms with Crippen LogP contribution in [0.4, 0.5) is 0 Å². The Morgan fingerprint density at radius 1 is 1.40 bits per heavy atom. The standard InChI is InChI=1S/C12H24N2O/c1-3-14(2)12(15)10-13-9-8-11-6-4-5-7-11/h11,13H,3-10H2,1-2H3. The predicted octanol–water partition coefficient (Wildman–Crippen LogP) is 1.63. The van der Waals surface area contributed by atoms with Gasteiger partial charge in [-0.25, -0.2) is 0 Å². The number of amides is 1. The molecule has 3 heteroatoms. The number of nitrogens with zero attached hydrogens (tertiary/aromatic N) is 1. The van der Waals surface area contributed by atoms with Gasteiger partial charge in [0, 0.05) is 13.6 Å². The van der Waals surface area contributed by atoms with Crippen molar-refractivity contribution in [2.24, 2.45) is 5.92 Å². The van der Waals surface area contributed by atoms with Gasteiger partial charge in [0.2, 0.25) is 5.91 Å². The molecule has 0 unspecified atom stereocenters. The van der Waals surface area contributed by atoms with E-state index in [1.54, 1.807) is 4.90 Å². The van der Waals surface area contributed by atoms with Crippen molar-refractivity contribution in [2.75, 3.05) is 26.7 Å². The van der Waals surface area contributed by atoms with Crippen LogP contribution in [0.5, 0.6) is 0 Å². The number of carbonyl (C=O) groups excluding carboxylic acids is 1. The number of rotatable bonds is 6. The monoisotopic (exact) mass is 212 g/mol. The molecule has 1 aliphatic carbocycles. The van der Waals surface area contributed by atoms with Crippen LogP contribution in [0.3, 0.4) is 0 Å². The van der Waals surface area contributed by atoms with Gasteiger partial charge in [-0.15, -0.1) is 0 Å². The maximum atomic E-state index is 11.4. The van der Waals surface area contributed by atoms with Crippen LogP contribution >= 0.6 is 0 Å². The molecule has 1 amide bonds. The van der Waals surface area contributed by atoms with Crippen LogP contribution in [0.25, 0.3) is 0 Å². The highest BCUT2D eigenvalue weighted by molar-refractivity contribution is 5.77. The molecular formula is C12H24N2O. The third-order valence-electron chi connectivity index (χ3n) is 3.38. The molecular weight excluding hydrogens is 188 g/mol. The lowest BCUT2D eigenvalue weighted by atomic mass is 10.0. The highest BCUT2D eigenvalue weighted by atomic mass is 16.2. The van der Waals surface area contributed by atoms with Gasteiger partial charge in [-0.1, -0.05) is 25.7 Å². The average molecular weight is 212 g/mol. The van der Waals surface area contributed by atoms with Crippen molar-refractivity contribution < 1.29 is 4.79 Å². The lowest BCUT2D eigenvalue weighted by molar-refractivity contribution is -0.128. The first-order chi connectivity index (χ1) is 7.24. The number of hydrogen-bond donors (Lipinski definition) is 1. The van der Waals surface area contributed by atoms with E-state index >= 15 is 0 Å². The van der Waals surface area contributed by atoms with E-state index in [2.05, 4.69) is 5.32 Å². The van der Waals surface area contributed by atoms with Gasteiger partial charge in [0.05, 0.1) is 6.54 Å². The smallest absolute Gasteiger partial charge is 0.236 e. The Kier molecular flexibility index (Phi) is 5.69. The zero-order chi connectivity index (χ0) is 11.1. The van der Waals surface area contributed by atoms with Gasteiger partial charge in [-0.05, 0) is 25.8 Å². The lowest BCUT2D eigenvalue weighted by Crippen LogP contribution is -2.35. The number of hydrogen-bond acceptors (Lipinski definition) is 2. The number of carbonyl (C=O) groups is 1. The fourth-order valence-electron chi connectivity index (χ4n) is 2.11. The van der Waals surface area contributed by atoms with Crippen molar-refractivity contribution in [3.63, 3.8) is 0 Å². The molecule has 0 spiro atoms. The summed E-state index contributed by atoms with van der Waals surface area (Å²) in [5.74, 6) is 1.11. The molecule has 1 N–H and O–H groups in total. The maximum absolute atomic E-state index is 11.4. The first-order valence-corrected chi connectivity index (χ1v) is 6.18. The molecule has 0 radical (unpaired) electrons. The molecule has 0 aromatic heterocycles. The maximum Gasteiger partial charge on any atom is 0.236 e. The van der Waals surface area contributed by atoms with Crippen LogP contribution in [-0.4, -0.2) is 37.5 Å². The first kappa shape index (κ1) is 12.5. The van der Waals surface area contributed by atoms with E-state index in [1.165, 1.54) is 32.1 Å². The van der Waals surface area contributed by atoms with E-state index in [-0.39, 0.29) is 5.91 Å². The summed E-state index contributed by atoms with van der Waals surface area (Å²) < 4.78 is 0. The van der Waals surface area contributed by atoms with Gasteiger partial charge in [0.1, 0.15) is 0 Å². The Hall–Kier alpha value is -0.570. The van der Waals surface area contributed by atoms with Crippen LogP contribution in [0.1, 0.15) is 39.0 Å². The topological polar surface area (TPSA) is 32.3 Å². The summed E-state index contributed by atoms with van der Waals surface area (Å²) in [6, 6.07) is 0. The zero-order valence-corrected chi connectivity index (χ0v) is 10.1. The van der Waals surface area contributed by atoms with E-state index in [0.717, 1.165) is 19.0 Å². The van der Waals surface area contributed by atoms with E-state index in [0.29, 0.717) is 6.54 Å². The van der Waals surface area contributed by atoms with Gasteiger partial charge in [0.25, 0.3) is 0 Å². The van der Waals surface area contributed by atoms with Crippen molar-refractivity contribution >= 4 is 5.91 Å². The Balaban J connectivity index is 1.98. The van der Waals surface area contributed by atoms with Gasteiger partial charge >= 0.3 is 0 Å². The quantitative estimate of drug-likeness (QED) is 0.679. The molecule has 0 aromatic rings.